The van der Waals surface area contributed by atoms with Crippen LogP contribution in [0.15, 0.2) is 164 Å². The minimum atomic E-state index is -0.120. The highest BCUT2D eigenvalue weighted by Crippen LogP contribution is 2.51. The van der Waals surface area contributed by atoms with Crippen LogP contribution in [0.3, 0.4) is 0 Å². The zero-order valence-electron chi connectivity index (χ0n) is 30.9. The van der Waals surface area contributed by atoms with Crippen molar-refractivity contribution < 1.29 is 0 Å². The highest BCUT2D eigenvalue weighted by Gasteiger charge is 2.36. The molecule has 2 aliphatic carbocycles. The van der Waals surface area contributed by atoms with Crippen LogP contribution in [0.2, 0.25) is 0 Å². The second kappa shape index (κ2) is 12.0. The van der Waals surface area contributed by atoms with Gasteiger partial charge in [0, 0.05) is 39.3 Å². The third-order valence-electron chi connectivity index (χ3n) is 11.8. The number of aromatic nitrogens is 3. The van der Waals surface area contributed by atoms with Crippen LogP contribution in [0.5, 0.6) is 0 Å². The van der Waals surface area contributed by atoms with E-state index in [-0.39, 0.29) is 10.8 Å². The third kappa shape index (κ3) is 4.99. The number of nitrogens with zero attached hydrogens (tertiary/aromatic N) is 3. The predicted octanol–water partition coefficient (Wildman–Crippen LogP) is 12.8. The third-order valence-corrected chi connectivity index (χ3v) is 11.8. The van der Waals surface area contributed by atoms with Gasteiger partial charge in [-0.15, -0.1) is 0 Å². The van der Waals surface area contributed by atoms with E-state index >= 15 is 0 Å². The lowest BCUT2D eigenvalue weighted by atomic mass is 9.82. The molecule has 0 unspecified atom stereocenters. The van der Waals surface area contributed by atoms with E-state index in [2.05, 4.69) is 173 Å². The van der Waals surface area contributed by atoms with Crippen LogP contribution in [-0.2, 0) is 10.8 Å². The molecule has 0 atom stereocenters. The summed E-state index contributed by atoms with van der Waals surface area (Å²) in [5, 5.41) is 0. The van der Waals surface area contributed by atoms with Gasteiger partial charge in [0.25, 0.3) is 0 Å². The largest absolute Gasteiger partial charge is 0.256 e. The van der Waals surface area contributed by atoms with Gasteiger partial charge in [-0.25, -0.2) is 9.97 Å². The molecule has 0 fully saturated rings. The molecule has 10 rings (SSSR count). The van der Waals surface area contributed by atoms with E-state index in [1.807, 2.05) is 18.3 Å². The first-order chi connectivity index (χ1) is 26.3. The van der Waals surface area contributed by atoms with Crippen LogP contribution >= 0.6 is 0 Å². The van der Waals surface area contributed by atoms with Crippen molar-refractivity contribution >= 4 is 0 Å². The van der Waals surface area contributed by atoms with Gasteiger partial charge in [-0.3, -0.25) is 4.98 Å². The quantitative estimate of drug-likeness (QED) is 0.180. The monoisotopic (exact) mass is 693 g/mol. The Morgan fingerprint density at radius 2 is 0.889 bits per heavy atom. The lowest BCUT2D eigenvalue weighted by Gasteiger charge is -2.22. The lowest BCUT2D eigenvalue weighted by molar-refractivity contribution is 0.660. The van der Waals surface area contributed by atoms with Gasteiger partial charge in [-0.05, 0) is 86.0 Å². The fourth-order valence-corrected chi connectivity index (χ4v) is 8.88. The highest BCUT2D eigenvalue weighted by atomic mass is 14.9. The van der Waals surface area contributed by atoms with Crippen LogP contribution < -0.4 is 0 Å². The summed E-state index contributed by atoms with van der Waals surface area (Å²) in [5.74, 6) is 0.685. The van der Waals surface area contributed by atoms with Gasteiger partial charge >= 0.3 is 0 Å². The predicted molar refractivity (Wildman–Crippen MR) is 222 cm³/mol. The van der Waals surface area contributed by atoms with Crippen LogP contribution in [0.1, 0.15) is 49.9 Å². The number of hydrogen-bond donors (Lipinski definition) is 0. The normalized spacial score (nSPS) is 14.2. The van der Waals surface area contributed by atoms with Gasteiger partial charge in [0.1, 0.15) is 0 Å². The first-order valence-corrected chi connectivity index (χ1v) is 18.8. The fraction of sp³-hybridized carbons (Fsp3) is 0.118. The highest BCUT2D eigenvalue weighted by molar-refractivity contribution is 5.89. The molecule has 6 aromatic carbocycles. The Morgan fingerprint density at radius 1 is 0.352 bits per heavy atom. The first kappa shape index (κ1) is 32.2. The summed E-state index contributed by atoms with van der Waals surface area (Å²) >= 11 is 0. The Balaban J connectivity index is 1.14. The summed E-state index contributed by atoms with van der Waals surface area (Å²) in [7, 11) is 0. The Kier molecular flexibility index (Phi) is 7.19. The van der Waals surface area contributed by atoms with E-state index in [1.165, 1.54) is 50.1 Å². The van der Waals surface area contributed by atoms with Crippen LogP contribution in [0.25, 0.3) is 78.5 Å². The van der Waals surface area contributed by atoms with Crippen molar-refractivity contribution in [2.45, 2.75) is 38.5 Å². The molecular formula is C51H39N3. The Labute approximate surface area is 317 Å². The minimum absolute atomic E-state index is 0.0598. The van der Waals surface area contributed by atoms with Gasteiger partial charge in [-0.1, -0.05) is 155 Å². The molecule has 0 aliphatic heterocycles. The Hall–Kier alpha value is -6.45. The number of benzene rings is 6. The van der Waals surface area contributed by atoms with E-state index in [0.29, 0.717) is 5.82 Å². The van der Waals surface area contributed by atoms with E-state index in [4.69, 9.17) is 15.0 Å². The smallest absolute Gasteiger partial charge is 0.160 e. The van der Waals surface area contributed by atoms with E-state index < -0.39 is 0 Å². The fourth-order valence-electron chi connectivity index (χ4n) is 8.88. The van der Waals surface area contributed by atoms with Gasteiger partial charge in [0.05, 0.1) is 17.1 Å². The maximum absolute atomic E-state index is 5.30. The van der Waals surface area contributed by atoms with Gasteiger partial charge in [0.15, 0.2) is 5.82 Å². The summed E-state index contributed by atoms with van der Waals surface area (Å²) in [6, 6.07) is 56.6. The Bertz CT molecular complexity index is 2760. The molecule has 54 heavy (non-hydrogen) atoms. The topological polar surface area (TPSA) is 38.7 Å². The van der Waals surface area contributed by atoms with Gasteiger partial charge in [-0.2, -0.15) is 0 Å². The average molecular weight is 694 g/mol. The molecule has 0 bridgehead atoms. The summed E-state index contributed by atoms with van der Waals surface area (Å²) in [6.45, 7) is 9.28. The minimum Gasteiger partial charge on any atom is -0.256 e. The van der Waals surface area contributed by atoms with Crippen molar-refractivity contribution in [2.24, 2.45) is 0 Å². The zero-order chi connectivity index (χ0) is 36.6. The molecule has 0 saturated heterocycles. The number of hydrogen-bond acceptors (Lipinski definition) is 3. The van der Waals surface area contributed by atoms with Crippen molar-refractivity contribution in [3.05, 3.63) is 186 Å². The molecular weight excluding hydrogens is 655 g/mol. The van der Waals surface area contributed by atoms with Crippen LogP contribution in [-0.4, -0.2) is 15.0 Å². The number of pyridine rings is 1. The SMILES string of the molecule is CC1(C)c2ccccc2-c2cc(-c3ncccc3-c3cc(-c4ccc5c(c4)C(C)(C)c4ccccc4-5)nc(-c4ccc(-c5ccccc5)cc4)n3)ccc21. The van der Waals surface area contributed by atoms with Crippen molar-refractivity contribution in [1.29, 1.82) is 0 Å². The van der Waals surface area contributed by atoms with E-state index in [1.54, 1.807) is 0 Å². The molecule has 8 aromatic rings. The molecule has 0 N–H and O–H groups in total. The van der Waals surface area contributed by atoms with Crippen LogP contribution in [0, 0.1) is 0 Å². The van der Waals surface area contributed by atoms with Crippen LogP contribution in [0.4, 0.5) is 0 Å². The molecule has 0 radical (unpaired) electrons. The van der Waals surface area contributed by atoms with Crippen molar-refractivity contribution in [1.82, 2.24) is 15.0 Å². The first-order valence-electron chi connectivity index (χ1n) is 18.8. The number of fused-ring (bicyclic) bond motifs is 6. The average Bonchev–Trinajstić information content (AvgIpc) is 3.60. The molecule has 0 spiro atoms. The molecule has 0 saturated carbocycles. The maximum atomic E-state index is 5.30. The van der Waals surface area contributed by atoms with Gasteiger partial charge in [0.2, 0.25) is 0 Å². The maximum Gasteiger partial charge on any atom is 0.160 e. The van der Waals surface area contributed by atoms with E-state index in [9.17, 15) is 0 Å². The van der Waals surface area contributed by atoms with Crippen molar-refractivity contribution in [3.8, 4) is 78.5 Å². The van der Waals surface area contributed by atoms with E-state index in [0.717, 1.165) is 44.9 Å². The van der Waals surface area contributed by atoms with Gasteiger partial charge < -0.3 is 0 Å². The van der Waals surface area contributed by atoms with Crippen molar-refractivity contribution in [2.75, 3.05) is 0 Å². The lowest BCUT2D eigenvalue weighted by Crippen LogP contribution is -2.15. The molecule has 2 aliphatic rings. The zero-order valence-corrected chi connectivity index (χ0v) is 30.9. The second-order valence-electron chi connectivity index (χ2n) is 15.7. The molecule has 0 amide bonds. The molecule has 2 heterocycles. The Morgan fingerprint density at radius 3 is 1.65 bits per heavy atom. The van der Waals surface area contributed by atoms with Crippen molar-refractivity contribution in [3.63, 3.8) is 0 Å². The second-order valence-corrected chi connectivity index (χ2v) is 15.7. The number of rotatable bonds is 5. The standard InChI is InChI=1S/C51H39N3/c1-50(2)43-19-11-9-16-38(43)41-29-36(25-27-44(41)50)48-40(17-12-28-52-48)47-31-46(35-24-26-39-37-15-8-10-18-42(37)51(3,4)45(39)30-35)53-49(54-47)34-22-20-33(21-23-34)32-13-6-5-7-14-32/h5-31H,1-4H3. The molecule has 2 aromatic heterocycles. The summed E-state index contributed by atoms with van der Waals surface area (Å²) in [5.41, 5.74) is 19.4. The molecule has 3 nitrogen and oxygen atoms in total. The molecule has 3 heteroatoms. The summed E-state index contributed by atoms with van der Waals surface area (Å²) in [4.78, 5) is 15.6. The summed E-state index contributed by atoms with van der Waals surface area (Å²) in [6.07, 6.45) is 1.88. The summed E-state index contributed by atoms with van der Waals surface area (Å²) < 4.78 is 0. The molecule has 258 valence electrons.